The average molecular weight is 258 g/mol. The first kappa shape index (κ1) is 13.3. The number of piperidine rings is 1. The van der Waals surface area contributed by atoms with Crippen molar-refractivity contribution in [3.05, 3.63) is 18.0 Å². The largest absolute Gasteiger partial charge is 0.345 e. The van der Waals surface area contributed by atoms with E-state index in [0.717, 1.165) is 37.6 Å². The van der Waals surface area contributed by atoms with Crippen molar-refractivity contribution in [1.29, 1.82) is 0 Å². The monoisotopic (exact) mass is 258 g/mol. The third kappa shape index (κ3) is 3.44. The van der Waals surface area contributed by atoms with E-state index < -0.39 is 0 Å². The maximum absolute atomic E-state index is 11.8. The predicted octanol–water partition coefficient (Wildman–Crippen LogP) is 0.751. The van der Waals surface area contributed by atoms with Crippen molar-refractivity contribution < 1.29 is 4.79 Å². The standard InChI is InChI=1S/C14H18N4O/c1-3-7-15-13(19)12-5-9-18(10-6-12)14-16-8-4-11(2)17-14/h1,4,8,12H,5-7,9-10H2,2H3,(H,15,19). The minimum absolute atomic E-state index is 0.0504. The van der Waals surface area contributed by atoms with Crippen LogP contribution in [0.2, 0.25) is 0 Å². The van der Waals surface area contributed by atoms with Crippen LogP contribution in [0.4, 0.5) is 5.95 Å². The summed E-state index contributed by atoms with van der Waals surface area (Å²) in [4.78, 5) is 22.6. The molecule has 0 bridgehead atoms. The van der Waals surface area contributed by atoms with Gasteiger partial charge in [0.2, 0.25) is 11.9 Å². The van der Waals surface area contributed by atoms with Crippen LogP contribution in [0.25, 0.3) is 0 Å². The Hall–Kier alpha value is -2.09. The van der Waals surface area contributed by atoms with Crippen LogP contribution < -0.4 is 10.2 Å². The molecule has 5 nitrogen and oxygen atoms in total. The molecule has 0 aliphatic carbocycles. The summed E-state index contributed by atoms with van der Waals surface area (Å²) in [6.07, 6.45) is 8.52. The highest BCUT2D eigenvalue weighted by Crippen LogP contribution is 2.20. The lowest BCUT2D eigenvalue weighted by Gasteiger charge is -2.31. The number of hydrogen-bond donors (Lipinski definition) is 1. The number of terminal acetylenes is 1. The van der Waals surface area contributed by atoms with Crippen LogP contribution in [0.3, 0.4) is 0 Å². The van der Waals surface area contributed by atoms with Crippen LogP contribution in [0, 0.1) is 25.2 Å². The second-order valence-electron chi connectivity index (χ2n) is 4.68. The van der Waals surface area contributed by atoms with Crippen molar-refractivity contribution in [2.24, 2.45) is 5.92 Å². The number of hydrogen-bond acceptors (Lipinski definition) is 4. The predicted molar refractivity (Wildman–Crippen MR) is 73.5 cm³/mol. The average Bonchev–Trinajstić information content (AvgIpc) is 2.45. The van der Waals surface area contributed by atoms with E-state index in [9.17, 15) is 4.79 Å². The molecule has 0 atom stereocenters. The summed E-state index contributed by atoms with van der Waals surface area (Å²) in [6.45, 7) is 3.86. The van der Waals surface area contributed by atoms with E-state index in [1.165, 1.54) is 0 Å². The molecule has 1 amide bonds. The molecule has 5 heteroatoms. The number of rotatable bonds is 3. The van der Waals surface area contributed by atoms with E-state index in [2.05, 4.69) is 26.1 Å². The normalized spacial score (nSPS) is 15.9. The number of carbonyl (C=O) groups is 1. The Labute approximate surface area is 113 Å². The van der Waals surface area contributed by atoms with Gasteiger partial charge in [0.25, 0.3) is 0 Å². The van der Waals surface area contributed by atoms with Crippen molar-refractivity contribution >= 4 is 11.9 Å². The molecule has 2 rings (SSSR count). The van der Waals surface area contributed by atoms with Gasteiger partial charge in [0.1, 0.15) is 0 Å². The maximum Gasteiger partial charge on any atom is 0.225 e. The summed E-state index contributed by atoms with van der Waals surface area (Å²) in [5.74, 6) is 3.28. The van der Waals surface area contributed by atoms with Gasteiger partial charge in [0.15, 0.2) is 0 Å². The van der Waals surface area contributed by atoms with E-state index >= 15 is 0 Å². The molecule has 1 aromatic heterocycles. The summed E-state index contributed by atoms with van der Waals surface area (Å²) < 4.78 is 0. The summed E-state index contributed by atoms with van der Waals surface area (Å²) in [7, 11) is 0. The van der Waals surface area contributed by atoms with Gasteiger partial charge in [0, 0.05) is 30.9 Å². The molecule has 1 saturated heterocycles. The molecule has 1 fully saturated rings. The minimum Gasteiger partial charge on any atom is -0.345 e. The lowest BCUT2D eigenvalue weighted by Crippen LogP contribution is -2.41. The quantitative estimate of drug-likeness (QED) is 0.813. The van der Waals surface area contributed by atoms with Gasteiger partial charge in [-0.3, -0.25) is 4.79 Å². The number of aryl methyl sites for hydroxylation is 1. The Morgan fingerprint density at radius 1 is 1.58 bits per heavy atom. The third-order valence-electron chi connectivity index (χ3n) is 3.30. The second kappa shape index (κ2) is 6.19. The first-order valence-electron chi connectivity index (χ1n) is 6.46. The number of nitrogens with zero attached hydrogens (tertiary/aromatic N) is 3. The number of anilines is 1. The first-order valence-corrected chi connectivity index (χ1v) is 6.46. The van der Waals surface area contributed by atoms with Crippen LogP contribution >= 0.6 is 0 Å². The topological polar surface area (TPSA) is 58.1 Å². The molecule has 100 valence electrons. The molecule has 1 aliphatic rings. The van der Waals surface area contributed by atoms with Gasteiger partial charge in [-0.1, -0.05) is 5.92 Å². The molecule has 2 heterocycles. The molecule has 0 saturated carbocycles. The van der Waals surface area contributed by atoms with E-state index in [0.29, 0.717) is 6.54 Å². The first-order chi connectivity index (χ1) is 9.20. The zero-order chi connectivity index (χ0) is 13.7. The number of aromatic nitrogens is 2. The van der Waals surface area contributed by atoms with Gasteiger partial charge in [-0.15, -0.1) is 6.42 Å². The zero-order valence-electron chi connectivity index (χ0n) is 11.1. The maximum atomic E-state index is 11.8. The lowest BCUT2D eigenvalue weighted by molar-refractivity contribution is -0.125. The van der Waals surface area contributed by atoms with Crippen molar-refractivity contribution in [3.63, 3.8) is 0 Å². The summed E-state index contributed by atoms with van der Waals surface area (Å²) in [5, 5.41) is 2.74. The van der Waals surface area contributed by atoms with Crippen molar-refractivity contribution in [2.75, 3.05) is 24.5 Å². The van der Waals surface area contributed by atoms with Crippen LogP contribution in [0.15, 0.2) is 12.3 Å². The minimum atomic E-state index is 0.0504. The molecule has 0 radical (unpaired) electrons. The Bertz CT molecular complexity index is 486. The fraction of sp³-hybridized carbons (Fsp3) is 0.500. The van der Waals surface area contributed by atoms with Crippen molar-refractivity contribution in [3.8, 4) is 12.3 Å². The van der Waals surface area contributed by atoms with E-state index in [1.54, 1.807) is 6.20 Å². The smallest absolute Gasteiger partial charge is 0.225 e. The highest BCUT2D eigenvalue weighted by atomic mass is 16.1. The third-order valence-corrected chi connectivity index (χ3v) is 3.30. The Kier molecular flexibility index (Phi) is 4.35. The molecule has 19 heavy (non-hydrogen) atoms. The highest BCUT2D eigenvalue weighted by molar-refractivity contribution is 5.79. The van der Waals surface area contributed by atoms with Gasteiger partial charge in [0.05, 0.1) is 6.54 Å². The molecule has 1 N–H and O–H groups in total. The van der Waals surface area contributed by atoms with Crippen molar-refractivity contribution in [1.82, 2.24) is 15.3 Å². The SMILES string of the molecule is C#CCNC(=O)C1CCN(c2nccc(C)n2)CC1. The summed E-state index contributed by atoms with van der Waals surface area (Å²) >= 11 is 0. The molecule has 0 spiro atoms. The van der Waals surface area contributed by atoms with E-state index in [4.69, 9.17) is 6.42 Å². The van der Waals surface area contributed by atoms with Gasteiger partial charge >= 0.3 is 0 Å². The number of amides is 1. The molecule has 0 aromatic carbocycles. The molecular formula is C14H18N4O. The second-order valence-corrected chi connectivity index (χ2v) is 4.68. The van der Waals surface area contributed by atoms with Crippen LogP contribution in [-0.4, -0.2) is 35.5 Å². The highest BCUT2D eigenvalue weighted by Gasteiger charge is 2.25. The van der Waals surface area contributed by atoms with E-state index in [1.807, 2.05) is 13.0 Å². The Morgan fingerprint density at radius 3 is 2.95 bits per heavy atom. The van der Waals surface area contributed by atoms with Crippen LogP contribution in [-0.2, 0) is 4.79 Å². The lowest BCUT2D eigenvalue weighted by atomic mass is 9.96. The van der Waals surface area contributed by atoms with Gasteiger partial charge in [-0.2, -0.15) is 0 Å². The van der Waals surface area contributed by atoms with E-state index in [-0.39, 0.29) is 11.8 Å². The number of nitrogens with one attached hydrogen (secondary N) is 1. The molecule has 0 unspecified atom stereocenters. The van der Waals surface area contributed by atoms with Crippen LogP contribution in [0.5, 0.6) is 0 Å². The van der Waals surface area contributed by atoms with Gasteiger partial charge in [-0.25, -0.2) is 9.97 Å². The summed E-state index contributed by atoms with van der Waals surface area (Å²) in [5.41, 5.74) is 0.957. The van der Waals surface area contributed by atoms with Gasteiger partial charge in [-0.05, 0) is 25.8 Å². The fourth-order valence-electron chi connectivity index (χ4n) is 2.21. The fourth-order valence-corrected chi connectivity index (χ4v) is 2.21. The number of carbonyl (C=O) groups excluding carboxylic acids is 1. The van der Waals surface area contributed by atoms with Crippen molar-refractivity contribution in [2.45, 2.75) is 19.8 Å². The van der Waals surface area contributed by atoms with Crippen LogP contribution in [0.1, 0.15) is 18.5 Å². The molecular weight excluding hydrogens is 240 g/mol. The van der Waals surface area contributed by atoms with Gasteiger partial charge < -0.3 is 10.2 Å². The summed E-state index contributed by atoms with van der Waals surface area (Å²) in [6, 6.07) is 1.88. The molecule has 1 aliphatic heterocycles. The zero-order valence-corrected chi connectivity index (χ0v) is 11.1. The molecule has 1 aromatic rings. The Morgan fingerprint density at radius 2 is 2.32 bits per heavy atom. The Balaban J connectivity index is 1.89.